The average molecular weight is 364 g/mol. The minimum atomic E-state index is 0.0196. The van der Waals surface area contributed by atoms with Gasteiger partial charge in [0.25, 0.3) is 0 Å². The van der Waals surface area contributed by atoms with Gasteiger partial charge < -0.3 is 10.2 Å². The molecule has 3 aromatic rings. The number of likely N-dealkylation sites (N-methyl/N-ethyl adjacent to an activating group) is 1. The molecule has 4 rings (SSSR count). The molecule has 7 heteroatoms. The Morgan fingerprint density at radius 1 is 1.26 bits per heavy atom. The zero-order valence-corrected chi connectivity index (χ0v) is 15.9. The van der Waals surface area contributed by atoms with E-state index in [1.807, 2.05) is 36.0 Å². The van der Waals surface area contributed by atoms with Gasteiger partial charge >= 0.3 is 0 Å². The number of amides is 1. The average Bonchev–Trinajstić information content (AvgIpc) is 3.17. The SMILES string of the molecule is Cc1cc(-n2ncc3cc(CC(=O)N[C@H]4CN(C)C[C@@H]4C)ncc32)ccn1. The number of hydrogen-bond acceptors (Lipinski definition) is 5. The standard InChI is InChI=1S/C20H24N6O/c1-13-11-25(3)12-18(13)24-20(27)8-16-7-15-9-23-26(19(15)10-22-16)17-4-5-21-14(2)6-17/h4-7,9-10,13,18H,8,11-12H2,1-3H3,(H,24,27)/t13-,18-/m0/s1. The molecule has 7 nitrogen and oxygen atoms in total. The van der Waals surface area contributed by atoms with E-state index in [2.05, 4.69) is 39.3 Å². The zero-order chi connectivity index (χ0) is 19.0. The van der Waals surface area contributed by atoms with Gasteiger partial charge in [0.15, 0.2) is 0 Å². The molecule has 1 amide bonds. The number of likely N-dealkylation sites (tertiary alicyclic amines) is 1. The Morgan fingerprint density at radius 2 is 2.11 bits per heavy atom. The van der Waals surface area contributed by atoms with Crippen LogP contribution >= 0.6 is 0 Å². The highest BCUT2D eigenvalue weighted by molar-refractivity contribution is 5.83. The molecule has 3 aromatic heterocycles. The lowest BCUT2D eigenvalue weighted by Gasteiger charge is -2.16. The molecule has 0 spiro atoms. The molecular formula is C20H24N6O. The Labute approximate surface area is 158 Å². The van der Waals surface area contributed by atoms with Crippen LogP contribution in [0.4, 0.5) is 0 Å². The minimum Gasteiger partial charge on any atom is -0.351 e. The van der Waals surface area contributed by atoms with Crippen molar-refractivity contribution in [1.82, 2.24) is 30.0 Å². The summed E-state index contributed by atoms with van der Waals surface area (Å²) in [6.45, 7) is 6.04. The summed E-state index contributed by atoms with van der Waals surface area (Å²) in [6, 6.07) is 6.05. The number of nitrogens with zero attached hydrogens (tertiary/aromatic N) is 5. The van der Waals surface area contributed by atoms with Crippen molar-refractivity contribution in [3.63, 3.8) is 0 Å². The molecule has 0 saturated carbocycles. The van der Waals surface area contributed by atoms with Gasteiger partial charge in [0.2, 0.25) is 5.91 Å². The third kappa shape index (κ3) is 3.68. The van der Waals surface area contributed by atoms with Crippen molar-refractivity contribution in [2.24, 2.45) is 5.92 Å². The topological polar surface area (TPSA) is 75.9 Å². The van der Waals surface area contributed by atoms with Crippen molar-refractivity contribution >= 4 is 16.8 Å². The van der Waals surface area contributed by atoms with Gasteiger partial charge in [0, 0.05) is 36.4 Å². The fourth-order valence-corrected chi connectivity index (χ4v) is 3.76. The van der Waals surface area contributed by atoms with Gasteiger partial charge in [-0.25, -0.2) is 4.68 Å². The second-order valence-electron chi connectivity index (χ2n) is 7.50. The summed E-state index contributed by atoms with van der Waals surface area (Å²) in [5.41, 5.74) is 3.55. The van der Waals surface area contributed by atoms with Crippen molar-refractivity contribution in [3.8, 4) is 5.69 Å². The van der Waals surface area contributed by atoms with E-state index in [1.165, 1.54) is 0 Å². The van der Waals surface area contributed by atoms with Gasteiger partial charge in [0.05, 0.1) is 35.7 Å². The molecule has 1 fully saturated rings. The highest BCUT2D eigenvalue weighted by Crippen LogP contribution is 2.19. The molecule has 0 unspecified atom stereocenters. The molecule has 0 aliphatic carbocycles. The second-order valence-corrected chi connectivity index (χ2v) is 7.50. The minimum absolute atomic E-state index is 0.0196. The summed E-state index contributed by atoms with van der Waals surface area (Å²) >= 11 is 0. The maximum atomic E-state index is 12.4. The number of hydrogen-bond donors (Lipinski definition) is 1. The smallest absolute Gasteiger partial charge is 0.226 e. The van der Waals surface area contributed by atoms with E-state index in [0.29, 0.717) is 5.92 Å². The van der Waals surface area contributed by atoms with Crippen LogP contribution in [-0.2, 0) is 11.2 Å². The van der Waals surface area contributed by atoms with Crippen LogP contribution in [0.2, 0.25) is 0 Å². The monoisotopic (exact) mass is 364 g/mol. The van der Waals surface area contributed by atoms with Gasteiger partial charge in [-0.1, -0.05) is 6.92 Å². The molecular weight excluding hydrogens is 340 g/mol. The van der Waals surface area contributed by atoms with Crippen molar-refractivity contribution in [3.05, 3.63) is 48.2 Å². The number of carbonyl (C=O) groups excluding carboxylic acids is 1. The van der Waals surface area contributed by atoms with Crippen molar-refractivity contribution in [2.75, 3.05) is 20.1 Å². The maximum Gasteiger partial charge on any atom is 0.226 e. The highest BCUT2D eigenvalue weighted by atomic mass is 16.1. The van der Waals surface area contributed by atoms with Crippen LogP contribution in [0.1, 0.15) is 18.3 Å². The molecule has 4 heterocycles. The van der Waals surface area contributed by atoms with Crippen LogP contribution in [0.3, 0.4) is 0 Å². The van der Waals surface area contributed by atoms with Crippen LogP contribution < -0.4 is 5.32 Å². The number of aryl methyl sites for hydroxylation is 1. The normalized spacial score (nSPS) is 20.3. The van der Waals surface area contributed by atoms with Gasteiger partial charge in [-0.3, -0.25) is 14.8 Å². The first-order valence-corrected chi connectivity index (χ1v) is 9.23. The van der Waals surface area contributed by atoms with E-state index in [1.54, 1.807) is 12.4 Å². The number of aromatic nitrogens is 4. The van der Waals surface area contributed by atoms with Crippen LogP contribution in [-0.4, -0.2) is 56.7 Å². The molecule has 1 aliphatic heterocycles. The first kappa shape index (κ1) is 17.6. The number of nitrogens with one attached hydrogen (secondary N) is 1. The fourth-order valence-electron chi connectivity index (χ4n) is 3.76. The molecule has 0 bridgehead atoms. The first-order chi connectivity index (χ1) is 13.0. The van der Waals surface area contributed by atoms with Gasteiger partial charge in [-0.2, -0.15) is 5.10 Å². The number of carbonyl (C=O) groups is 1. The molecule has 140 valence electrons. The predicted molar refractivity (Wildman–Crippen MR) is 104 cm³/mol. The molecule has 0 aromatic carbocycles. The summed E-state index contributed by atoms with van der Waals surface area (Å²) in [4.78, 5) is 23.4. The second kappa shape index (κ2) is 7.08. The van der Waals surface area contributed by atoms with Crippen LogP contribution in [0, 0.1) is 12.8 Å². The number of rotatable bonds is 4. The Kier molecular flexibility index (Phi) is 4.61. The summed E-state index contributed by atoms with van der Waals surface area (Å²) in [5.74, 6) is 0.489. The predicted octanol–water partition coefficient (Wildman–Crippen LogP) is 1.73. The summed E-state index contributed by atoms with van der Waals surface area (Å²) in [5, 5.41) is 8.58. The van der Waals surface area contributed by atoms with Crippen LogP contribution in [0.25, 0.3) is 16.6 Å². The third-order valence-electron chi connectivity index (χ3n) is 5.12. The molecule has 1 aliphatic rings. The largest absolute Gasteiger partial charge is 0.351 e. The number of fused-ring (bicyclic) bond motifs is 1. The van der Waals surface area contributed by atoms with Gasteiger partial charge in [-0.15, -0.1) is 0 Å². The summed E-state index contributed by atoms with van der Waals surface area (Å²) < 4.78 is 1.84. The summed E-state index contributed by atoms with van der Waals surface area (Å²) in [7, 11) is 2.08. The fraction of sp³-hybridized carbons (Fsp3) is 0.400. The van der Waals surface area contributed by atoms with E-state index in [0.717, 1.165) is 41.1 Å². The van der Waals surface area contributed by atoms with E-state index in [-0.39, 0.29) is 18.4 Å². The third-order valence-corrected chi connectivity index (χ3v) is 5.12. The van der Waals surface area contributed by atoms with Gasteiger partial charge in [0.1, 0.15) is 0 Å². The lowest BCUT2D eigenvalue weighted by molar-refractivity contribution is -0.121. The summed E-state index contributed by atoms with van der Waals surface area (Å²) in [6.07, 6.45) is 5.64. The highest BCUT2D eigenvalue weighted by Gasteiger charge is 2.28. The Bertz CT molecular complexity index is 982. The Hall–Kier alpha value is -2.80. The lowest BCUT2D eigenvalue weighted by Crippen LogP contribution is -2.40. The molecule has 1 N–H and O–H groups in total. The lowest BCUT2D eigenvalue weighted by atomic mass is 10.1. The number of pyridine rings is 2. The van der Waals surface area contributed by atoms with E-state index in [4.69, 9.17) is 0 Å². The quantitative estimate of drug-likeness (QED) is 0.763. The molecule has 0 radical (unpaired) electrons. The van der Waals surface area contributed by atoms with Crippen molar-refractivity contribution in [1.29, 1.82) is 0 Å². The molecule has 2 atom stereocenters. The van der Waals surface area contributed by atoms with Crippen LogP contribution in [0.5, 0.6) is 0 Å². The van der Waals surface area contributed by atoms with Crippen molar-refractivity contribution in [2.45, 2.75) is 26.3 Å². The molecule has 27 heavy (non-hydrogen) atoms. The van der Waals surface area contributed by atoms with Crippen LogP contribution in [0.15, 0.2) is 36.8 Å². The maximum absolute atomic E-state index is 12.4. The van der Waals surface area contributed by atoms with Crippen molar-refractivity contribution < 1.29 is 4.79 Å². The molecule has 1 saturated heterocycles. The van der Waals surface area contributed by atoms with Gasteiger partial charge in [-0.05, 0) is 38.1 Å². The first-order valence-electron chi connectivity index (χ1n) is 9.23. The van der Waals surface area contributed by atoms with E-state index < -0.39 is 0 Å². The Morgan fingerprint density at radius 3 is 2.85 bits per heavy atom. The Balaban J connectivity index is 1.50. The van der Waals surface area contributed by atoms with E-state index >= 15 is 0 Å². The van der Waals surface area contributed by atoms with E-state index in [9.17, 15) is 4.79 Å². The zero-order valence-electron chi connectivity index (χ0n) is 15.9.